The average Bonchev–Trinajstić information content (AvgIpc) is 2.59. The topological polar surface area (TPSA) is 37.3 Å². The predicted molar refractivity (Wildman–Crippen MR) is 52.6 cm³/mol. The molecule has 2 rings (SSSR count). The molecule has 0 fully saturated rings. The van der Waals surface area contributed by atoms with Crippen LogP contribution in [-0.2, 0) is 0 Å². The summed E-state index contributed by atoms with van der Waals surface area (Å²) in [6.07, 6.45) is 1.77. The number of pyridine rings is 1. The van der Waals surface area contributed by atoms with Crippen molar-refractivity contribution < 1.29 is 0 Å². The zero-order chi connectivity index (χ0) is 8.23. The zero-order valence-electron chi connectivity index (χ0n) is 6.53. The van der Waals surface area contributed by atoms with Gasteiger partial charge in [-0.1, -0.05) is 17.8 Å². The standard InChI is InChI=1S/C8H9N3S/c1-2-4-9-7(3-1)11-8-10-5-6-12-8/h1-4H,5-6H2,(H,9,10,11). The fraction of sp³-hybridized carbons (Fsp3) is 0.250. The summed E-state index contributed by atoms with van der Waals surface area (Å²) in [5.41, 5.74) is 0. The van der Waals surface area contributed by atoms with E-state index in [1.165, 1.54) is 0 Å². The van der Waals surface area contributed by atoms with Gasteiger partial charge in [-0.15, -0.1) is 0 Å². The highest BCUT2D eigenvalue weighted by Gasteiger charge is 2.06. The van der Waals surface area contributed by atoms with Crippen molar-refractivity contribution in [2.75, 3.05) is 17.6 Å². The monoisotopic (exact) mass is 179 g/mol. The molecule has 0 amide bonds. The van der Waals surface area contributed by atoms with E-state index in [9.17, 15) is 0 Å². The Hall–Kier alpha value is -1.03. The fourth-order valence-corrected chi connectivity index (χ4v) is 1.69. The molecule has 1 aliphatic rings. The Balaban J connectivity index is 2.04. The quantitative estimate of drug-likeness (QED) is 0.711. The van der Waals surface area contributed by atoms with Crippen molar-refractivity contribution in [3.63, 3.8) is 0 Å². The first-order valence-corrected chi connectivity index (χ1v) is 4.79. The predicted octanol–water partition coefficient (Wildman–Crippen LogP) is 1.60. The molecule has 62 valence electrons. The maximum Gasteiger partial charge on any atom is 0.162 e. The number of aromatic nitrogens is 1. The van der Waals surface area contributed by atoms with Gasteiger partial charge in [0.05, 0.1) is 6.54 Å². The lowest BCUT2D eigenvalue weighted by Gasteiger charge is -2.01. The molecule has 0 aromatic carbocycles. The lowest BCUT2D eigenvalue weighted by atomic mass is 10.5. The first-order chi connectivity index (χ1) is 5.95. The van der Waals surface area contributed by atoms with Crippen LogP contribution >= 0.6 is 11.8 Å². The third kappa shape index (κ3) is 1.76. The van der Waals surface area contributed by atoms with Crippen molar-refractivity contribution >= 4 is 22.7 Å². The van der Waals surface area contributed by atoms with Gasteiger partial charge in [-0.05, 0) is 12.1 Å². The van der Waals surface area contributed by atoms with Crippen molar-refractivity contribution in [2.24, 2.45) is 4.99 Å². The molecule has 0 radical (unpaired) electrons. The molecule has 4 heteroatoms. The van der Waals surface area contributed by atoms with Gasteiger partial charge in [0.15, 0.2) is 5.17 Å². The van der Waals surface area contributed by atoms with Crippen LogP contribution in [0.4, 0.5) is 5.82 Å². The van der Waals surface area contributed by atoms with Gasteiger partial charge in [0.1, 0.15) is 5.82 Å². The number of nitrogens with zero attached hydrogens (tertiary/aromatic N) is 2. The second-order valence-corrected chi connectivity index (χ2v) is 3.46. The Morgan fingerprint density at radius 2 is 2.42 bits per heavy atom. The molecular formula is C8H9N3S. The van der Waals surface area contributed by atoms with E-state index in [1.54, 1.807) is 18.0 Å². The number of amidine groups is 1. The van der Waals surface area contributed by atoms with Crippen LogP contribution in [-0.4, -0.2) is 22.4 Å². The van der Waals surface area contributed by atoms with Crippen LogP contribution in [0.15, 0.2) is 29.4 Å². The highest BCUT2D eigenvalue weighted by atomic mass is 32.2. The van der Waals surface area contributed by atoms with E-state index < -0.39 is 0 Å². The van der Waals surface area contributed by atoms with Crippen molar-refractivity contribution in [2.45, 2.75) is 0 Å². The fourth-order valence-electron chi connectivity index (χ4n) is 0.957. The summed E-state index contributed by atoms with van der Waals surface area (Å²) in [6.45, 7) is 0.917. The minimum atomic E-state index is 0.866. The van der Waals surface area contributed by atoms with Gasteiger partial charge in [0, 0.05) is 11.9 Å². The van der Waals surface area contributed by atoms with Crippen LogP contribution < -0.4 is 5.32 Å². The second kappa shape index (κ2) is 3.58. The van der Waals surface area contributed by atoms with Gasteiger partial charge in [0.25, 0.3) is 0 Å². The Labute approximate surface area is 75.3 Å². The number of rotatable bonds is 1. The van der Waals surface area contributed by atoms with E-state index in [1.807, 2.05) is 18.2 Å². The molecule has 1 aromatic rings. The van der Waals surface area contributed by atoms with E-state index in [4.69, 9.17) is 0 Å². The zero-order valence-corrected chi connectivity index (χ0v) is 7.34. The number of aliphatic imine (C=N–C) groups is 1. The smallest absolute Gasteiger partial charge is 0.162 e. The molecule has 0 aliphatic carbocycles. The normalized spacial score (nSPS) is 15.8. The molecule has 2 heterocycles. The van der Waals surface area contributed by atoms with Crippen molar-refractivity contribution in [1.29, 1.82) is 0 Å². The molecule has 1 aliphatic heterocycles. The van der Waals surface area contributed by atoms with Crippen molar-refractivity contribution in [1.82, 2.24) is 4.98 Å². The molecule has 12 heavy (non-hydrogen) atoms. The SMILES string of the molecule is c1ccc(NC2=NCCS2)nc1. The Morgan fingerprint density at radius 3 is 3.08 bits per heavy atom. The second-order valence-electron chi connectivity index (χ2n) is 2.38. The molecule has 0 saturated heterocycles. The average molecular weight is 179 g/mol. The third-order valence-electron chi connectivity index (χ3n) is 1.49. The van der Waals surface area contributed by atoms with E-state index in [0.717, 1.165) is 23.3 Å². The van der Waals surface area contributed by atoms with Crippen molar-refractivity contribution in [3.05, 3.63) is 24.4 Å². The number of nitrogens with one attached hydrogen (secondary N) is 1. The van der Waals surface area contributed by atoms with Gasteiger partial charge in [-0.2, -0.15) is 0 Å². The number of hydrogen-bond acceptors (Lipinski definition) is 4. The number of hydrogen-bond donors (Lipinski definition) is 1. The molecule has 3 nitrogen and oxygen atoms in total. The van der Waals surface area contributed by atoms with Gasteiger partial charge in [-0.3, -0.25) is 4.99 Å². The highest BCUT2D eigenvalue weighted by Crippen LogP contribution is 2.13. The minimum Gasteiger partial charge on any atom is -0.320 e. The Morgan fingerprint density at radius 1 is 1.42 bits per heavy atom. The van der Waals surface area contributed by atoms with E-state index in [-0.39, 0.29) is 0 Å². The Kier molecular flexibility index (Phi) is 2.27. The summed E-state index contributed by atoms with van der Waals surface area (Å²) in [6, 6.07) is 5.78. The number of thioether (sulfide) groups is 1. The van der Waals surface area contributed by atoms with Crippen LogP contribution in [0.2, 0.25) is 0 Å². The molecule has 0 saturated carbocycles. The van der Waals surface area contributed by atoms with Crippen LogP contribution in [0, 0.1) is 0 Å². The van der Waals surface area contributed by atoms with Crippen molar-refractivity contribution in [3.8, 4) is 0 Å². The van der Waals surface area contributed by atoms with Gasteiger partial charge in [0.2, 0.25) is 0 Å². The first kappa shape index (κ1) is 7.61. The van der Waals surface area contributed by atoms with Crippen LogP contribution in [0.25, 0.3) is 0 Å². The molecular weight excluding hydrogens is 170 g/mol. The maximum atomic E-state index is 4.26. The van der Waals surface area contributed by atoms with Gasteiger partial charge in [-0.25, -0.2) is 4.98 Å². The summed E-state index contributed by atoms with van der Waals surface area (Å²) in [7, 11) is 0. The summed E-state index contributed by atoms with van der Waals surface area (Å²) in [5, 5.41) is 4.12. The largest absolute Gasteiger partial charge is 0.320 e. The van der Waals surface area contributed by atoms with Gasteiger partial charge < -0.3 is 5.32 Å². The molecule has 0 spiro atoms. The number of anilines is 1. The third-order valence-corrected chi connectivity index (χ3v) is 2.38. The van der Waals surface area contributed by atoms with E-state index in [2.05, 4.69) is 15.3 Å². The molecule has 0 unspecified atom stereocenters. The molecule has 1 N–H and O–H groups in total. The Bertz CT molecular complexity index is 284. The van der Waals surface area contributed by atoms with Crippen LogP contribution in [0.3, 0.4) is 0 Å². The first-order valence-electron chi connectivity index (χ1n) is 3.80. The lowest BCUT2D eigenvalue weighted by Crippen LogP contribution is -2.05. The summed E-state index contributed by atoms with van der Waals surface area (Å²) < 4.78 is 0. The molecule has 0 atom stereocenters. The van der Waals surface area contributed by atoms with Crippen LogP contribution in [0.1, 0.15) is 0 Å². The highest BCUT2D eigenvalue weighted by molar-refractivity contribution is 8.14. The minimum absolute atomic E-state index is 0.866. The lowest BCUT2D eigenvalue weighted by molar-refractivity contribution is 1.17. The maximum absolute atomic E-state index is 4.26. The summed E-state index contributed by atoms with van der Waals surface area (Å²) in [4.78, 5) is 8.40. The van der Waals surface area contributed by atoms with E-state index in [0.29, 0.717) is 0 Å². The summed E-state index contributed by atoms with van der Waals surface area (Å²) in [5.74, 6) is 1.94. The molecule has 1 aromatic heterocycles. The van der Waals surface area contributed by atoms with E-state index >= 15 is 0 Å². The summed E-state index contributed by atoms with van der Waals surface area (Å²) >= 11 is 1.74. The van der Waals surface area contributed by atoms with Gasteiger partial charge >= 0.3 is 0 Å². The van der Waals surface area contributed by atoms with Crippen LogP contribution in [0.5, 0.6) is 0 Å². The molecule has 0 bridgehead atoms.